The monoisotopic (exact) mass is 219 g/mol. The van der Waals surface area contributed by atoms with Crippen LogP contribution in [-0.2, 0) is 16.0 Å². The second-order valence-corrected chi connectivity index (χ2v) is 3.80. The van der Waals surface area contributed by atoms with Crippen molar-refractivity contribution < 1.29 is 9.53 Å². The standard InChI is InChI=1S/C13H17NO2/c1-3-9-13(14,12(15)16-2)10-11-7-5-4-6-8-11/h3-8H,1,9-10,14H2,2H3. The van der Waals surface area contributed by atoms with Crippen molar-refractivity contribution in [2.75, 3.05) is 7.11 Å². The average molecular weight is 219 g/mol. The molecule has 1 aromatic carbocycles. The fraction of sp³-hybridized carbons (Fsp3) is 0.308. The van der Waals surface area contributed by atoms with Gasteiger partial charge in [-0.15, -0.1) is 6.58 Å². The lowest BCUT2D eigenvalue weighted by Gasteiger charge is -2.25. The highest BCUT2D eigenvalue weighted by Crippen LogP contribution is 2.17. The Balaban J connectivity index is 2.87. The summed E-state index contributed by atoms with van der Waals surface area (Å²) < 4.78 is 4.73. The summed E-state index contributed by atoms with van der Waals surface area (Å²) in [5, 5.41) is 0. The average Bonchev–Trinajstić information content (AvgIpc) is 2.29. The molecule has 3 nitrogen and oxygen atoms in total. The van der Waals surface area contributed by atoms with E-state index in [9.17, 15) is 4.79 Å². The molecule has 0 spiro atoms. The molecule has 0 amide bonds. The number of carbonyl (C=O) groups is 1. The van der Waals surface area contributed by atoms with Crippen LogP contribution in [0.25, 0.3) is 0 Å². The van der Waals surface area contributed by atoms with Crippen LogP contribution >= 0.6 is 0 Å². The number of nitrogens with two attached hydrogens (primary N) is 1. The van der Waals surface area contributed by atoms with Gasteiger partial charge in [0.25, 0.3) is 0 Å². The van der Waals surface area contributed by atoms with Crippen molar-refractivity contribution in [3.8, 4) is 0 Å². The summed E-state index contributed by atoms with van der Waals surface area (Å²) in [4.78, 5) is 11.6. The molecule has 0 heterocycles. The summed E-state index contributed by atoms with van der Waals surface area (Å²) in [6.07, 6.45) is 2.49. The van der Waals surface area contributed by atoms with Gasteiger partial charge in [0.2, 0.25) is 0 Å². The SMILES string of the molecule is C=CCC(N)(Cc1ccccc1)C(=O)OC. The minimum Gasteiger partial charge on any atom is -0.468 e. The number of methoxy groups -OCH3 is 1. The maximum absolute atomic E-state index is 11.6. The lowest BCUT2D eigenvalue weighted by molar-refractivity contribution is -0.146. The molecule has 0 aliphatic carbocycles. The smallest absolute Gasteiger partial charge is 0.326 e. The Morgan fingerprint density at radius 3 is 2.62 bits per heavy atom. The number of ether oxygens (including phenoxy) is 1. The van der Waals surface area contributed by atoms with Crippen LogP contribution in [0.3, 0.4) is 0 Å². The number of carbonyl (C=O) groups excluding carboxylic acids is 1. The highest BCUT2D eigenvalue weighted by molar-refractivity contribution is 5.81. The third-order valence-electron chi connectivity index (χ3n) is 2.46. The third-order valence-corrected chi connectivity index (χ3v) is 2.46. The topological polar surface area (TPSA) is 52.3 Å². The Bertz CT molecular complexity index is 361. The van der Waals surface area contributed by atoms with E-state index in [4.69, 9.17) is 10.5 Å². The van der Waals surface area contributed by atoms with Crippen molar-refractivity contribution in [2.24, 2.45) is 5.73 Å². The van der Waals surface area contributed by atoms with Crippen LogP contribution in [0.2, 0.25) is 0 Å². The van der Waals surface area contributed by atoms with Crippen molar-refractivity contribution in [2.45, 2.75) is 18.4 Å². The van der Waals surface area contributed by atoms with Gasteiger partial charge in [-0.2, -0.15) is 0 Å². The first-order chi connectivity index (χ1) is 7.62. The third kappa shape index (κ3) is 2.94. The fourth-order valence-electron chi connectivity index (χ4n) is 1.65. The van der Waals surface area contributed by atoms with Gasteiger partial charge in [0, 0.05) is 6.42 Å². The first-order valence-electron chi connectivity index (χ1n) is 5.14. The molecular weight excluding hydrogens is 202 g/mol. The molecule has 0 saturated carbocycles. The van der Waals surface area contributed by atoms with E-state index in [1.54, 1.807) is 6.08 Å². The van der Waals surface area contributed by atoms with Crippen LogP contribution in [0.4, 0.5) is 0 Å². The second kappa shape index (κ2) is 5.47. The summed E-state index contributed by atoms with van der Waals surface area (Å²) in [5.74, 6) is -0.406. The maximum atomic E-state index is 11.6. The van der Waals surface area contributed by atoms with Gasteiger partial charge in [0.1, 0.15) is 5.54 Å². The molecule has 0 fully saturated rings. The Labute approximate surface area is 95.9 Å². The van der Waals surface area contributed by atoms with Gasteiger partial charge >= 0.3 is 5.97 Å². The number of rotatable bonds is 5. The van der Waals surface area contributed by atoms with Crippen LogP contribution in [0.5, 0.6) is 0 Å². The number of benzene rings is 1. The zero-order valence-corrected chi connectivity index (χ0v) is 9.48. The molecular formula is C13H17NO2. The summed E-state index contributed by atoms with van der Waals surface area (Å²) in [6, 6.07) is 9.64. The second-order valence-electron chi connectivity index (χ2n) is 3.80. The Kier molecular flexibility index (Phi) is 4.26. The van der Waals surface area contributed by atoms with Gasteiger partial charge in [0.15, 0.2) is 0 Å². The van der Waals surface area contributed by atoms with Crippen molar-refractivity contribution >= 4 is 5.97 Å². The Morgan fingerprint density at radius 2 is 2.12 bits per heavy atom. The molecule has 0 aromatic heterocycles. The van der Waals surface area contributed by atoms with Crippen molar-refractivity contribution in [1.29, 1.82) is 0 Å². The molecule has 1 atom stereocenters. The fourth-order valence-corrected chi connectivity index (χ4v) is 1.65. The molecule has 1 rings (SSSR count). The van der Waals surface area contributed by atoms with Crippen molar-refractivity contribution in [3.05, 3.63) is 48.6 Å². The van der Waals surface area contributed by atoms with E-state index in [1.165, 1.54) is 7.11 Å². The molecule has 0 aliphatic heterocycles. The van der Waals surface area contributed by atoms with Crippen LogP contribution < -0.4 is 5.73 Å². The van der Waals surface area contributed by atoms with Gasteiger partial charge < -0.3 is 10.5 Å². The number of esters is 1. The molecule has 2 N–H and O–H groups in total. The van der Waals surface area contributed by atoms with Crippen molar-refractivity contribution in [3.63, 3.8) is 0 Å². The highest BCUT2D eigenvalue weighted by atomic mass is 16.5. The predicted octanol–water partition coefficient (Wildman–Crippen LogP) is 1.68. The molecule has 0 aliphatic rings. The molecule has 0 saturated heterocycles. The van der Waals surface area contributed by atoms with E-state index >= 15 is 0 Å². The van der Waals surface area contributed by atoms with Gasteiger partial charge in [-0.05, 0) is 12.0 Å². The molecule has 0 radical (unpaired) electrons. The van der Waals surface area contributed by atoms with E-state index in [0.717, 1.165) is 5.56 Å². The highest BCUT2D eigenvalue weighted by Gasteiger charge is 2.33. The first-order valence-corrected chi connectivity index (χ1v) is 5.14. The van der Waals surface area contributed by atoms with Crippen LogP contribution in [-0.4, -0.2) is 18.6 Å². The van der Waals surface area contributed by atoms with Crippen LogP contribution in [0.1, 0.15) is 12.0 Å². The maximum Gasteiger partial charge on any atom is 0.326 e. The lowest BCUT2D eigenvalue weighted by Crippen LogP contribution is -2.50. The van der Waals surface area contributed by atoms with Crippen molar-refractivity contribution in [1.82, 2.24) is 0 Å². The normalized spacial score (nSPS) is 13.9. The summed E-state index contributed by atoms with van der Waals surface area (Å²) >= 11 is 0. The van der Waals surface area contributed by atoms with E-state index in [0.29, 0.717) is 12.8 Å². The summed E-state index contributed by atoms with van der Waals surface area (Å²) in [6.45, 7) is 3.62. The molecule has 3 heteroatoms. The first kappa shape index (κ1) is 12.5. The number of hydrogen-bond acceptors (Lipinski definition) is 3. The minimum absolute atomic E-state index is 0.397. The number of hydrogen-bond donors (Lipinski definition) is 1. The zero-order chi connectivity index (χ0) is 12.0. The molecule has 0 bridgehead atoms. The molecule has 1 unspecified atom stereocenters. The van der Waals surface area contributed by atoms with Crippen LogP contribution in [0.15, 0.2) is 43.0 Å². The lowest BCUT2D eigenvalue weighted by atomic mass is 9.88. The zero-order valence-electron chi connectivity index (χ0n) is 9.48. The van der Waals surface area contributed by atoms with E-state index in [1.807, 2.05) is 30.3 Å². The minimum atomic E-state index is -1.02. The van der Waals surface area contributed by atoms with Gasteiger partial charge in [-0.3, -0.25) is 4.79 Å². The van der Waals surface area contributed by atoms with Gasteiger partial charge in [-0.1, -0.05) is 36.4 Å². The molecule has 16 heavy (non-hydrogen) atoms. The molecule has 86 valence electrons. The van der Waals surface area contributed by atoms with Crippen LogP contribution in [0, 0.1) is 0 Å². The largest absolute Gasteiger partial charge is 0.468 e. The predicted molar refractivity (Wildman–Crippen MR) is 63.9 cm³/mol. The van der Waals surface area contributed by atoms with E-state index in [-0.39, 0.29) is 0 Å². The molecule has 1 aromatic rings. The Morgan fingerprint density at radius 1 is 1.50 bits per heavy atom. The summed E-state index contributed by atoms with van der Waals surface area (Å²) in [7, 11) is 1.35. The van der Waals surface area contributed by atoms with E-state index in [2.05, 4.69) is 6.58 Å². The van der Waals surface area contributed by atoms with E-state index < -0.39 is 11.5 Å². The van der Waals surface area contributed by atoms with Gasteiger partial charge in [0.05, 0.1) is 7.11 Å². The Hall–Kier alpha value is -1.61. The quantitative estimate of drug-likeness (QED) is 0.605. The van der Waals surface area contributed by atoms with Gasteiger partial charge in [-0.25, -0.2) is 0 Å². The summed E-state index contributed by atoms with van der Waals surface area (Å²) in [5.41, 5.74) is 6.04.